The van der Waals surface area contributed by atoms with Gasteiger partial charge in [-0.2, -0.15) is 0 Å². The molecule has 0 aromatic heterocycles. The minimum absolute atomic E-state index is 0.837. The van der Waals surface area contributed by atoms with Gasteiger partial charge in [0.1, 0.15) is 0 Å². The van der Waals surface area contributed by atoms with Crippen LogP contribution in [0.2, 0.25) is 0 Å². The first-order chi connectivity index (χ1) is 8.38. The molecule has 1 heteroatoms. The van der Waals surface area contributed by atoms with Gasteiger partial charge >= 0.3 is 0 Å². The molecule has 0 radical (unpaired) electrons. The summed E-state index contributed by atoms with van der Waals surface area (Å²) < 4.78 is 0. The predicted molar refractivity (Wildman–Crippen MR) is 82.0 cm³/mol. The quantitative estimate of drug-likeness (QED) is 0.635. The summed E-state index contributed by atoms with van der Waals surface area (Å²) in [4.78, 5) is 4.23. The van der Waals surface area contributed by atoms with E-state index in [1.807, 2.05) is 66.0 Å². The number of nitrogens with zero attached hydrogens (tertiary/aromatic N) is 1. The van der Waals surface area contributed by atoms with Gasteiger partial charge in [0.05, 0.1) is 0 Å². The zero-order chi connectivity index (χ0) is 13.5. The minimum atomic E-state index is 0.837. The number of rotatable bonds is 3. The molecule has 0 aliphatic rings. The second kappa shape index (κ2) is 14.6. The van der Waals surface area contributed by atoms with Crippen LogP contribution in [0.1, 0.15) is 52.7 Å². The summed E-state index contributed by atoms with van der Waals surface area (Å²) in [6, 6.07) is 8.24. The smallest absolute Gasteiger partial charge is 0.0361 e. The summed E-state index contributed by atoms with van der Waals surface area (Å²) in [5.41, 5.74) is 2.41. The van der Waals surface area contributed by atoms with Crippen molar-refractivity contribution in [3.63, 3.8) is 0 Å². The summed E-state index contributed by atoms with van der Waals surface area (Å²) in [5.74, 6) is 0. The molecule has 0 spiro atoms. The van der Waals surface area contributed by atoms with Crippen LogP contribution >= 0.6 is 0 Å². The van der Waals surface area contributed by atoms with E-state index >= 15 is 0 Å². The third-order valence-electron chi connectivity index (χ3n) is 1.76. The number of aliphatic imine (C=N–C) groups is 1. The van der Waals surface area contributed by atoms with E-state index in [0.717, 1.165) is 6.54 Å². The predicted octanol–water partition coefficient (Wildman–Crippen LogP) is 5.21. The van der Waals surface area contributed by atoms with Gasteiger partial charge in [0.15, 0.2) is 0 Å². The second-order valence-electron chi connectivity index (χ2n) is 2.76. The molecule has 1 nitrogen and oxygen atoms in total. The Morgan fingerprint density at radius 1 is 1.00 bits per heavy atom. The zero-order valence-corrected chi connectivity index (χ0v) is 12.2. The number of hydrogen-bond donors (Lipinski definition) is 0. The molecule has 0 bridgehead atoms. The Morgan fingerprint density at radius 2 is 1.53 bits per heavy atom. The highest BCUT2D eigenvalue weighted by Gasteiger charge is 1.92. The molecule has 1 aromatic rings. The van der Waals surface area contributed by atoms with Crippen molar-refractivity contribution in [3.8, 4) is 0 Å². The SMILES string of the molecule is C/C=C\c1ccccc1C=NCC.CC.CC. The lowest BCUT2D eigenvalue weighted by Gasteiger charge is -1.98. The van der Waals surface area contributed by atoms with Crippen molar-refractivity contribution in [2.75, 3.05) is 6.54 Å². The molecule has 1 aromatic carbocycles. The summed E-state index contributed by atoms with van der Waals surface area (Å²) >= 11 is 0. The van der Waals surface area contributed by atoms with Crippen LogP contribution in [0.15, 0.2) is 35.3 Å². The fraction of sp³-hybridized carbons (Fsp3) is 0.438. The van der Waals surface area contributed by atoms with Gasteiger partial charge in [-0.25, -0.2) is 0 Å². The van der Waals surface area contributed by atoms with Crippen LogP contribution in [0.3, 0.4) is 0 Å². The molecule has 0 heterocycles. The van der Waals surface area contributed by atoms with E-state index in [1.165, 1.54) is 11.1 Å². The van der Waals surface area contributed by atoms with E-state index in [1.54, 1.807) is 0 Å². The first-order valence-electron chi connectivity index (χ1n) is 6.60. The van der Waals surface area contributed by atoms with Gasteiger partial charge in [-0.1, -0.05) is 64.1 Å². The van der Waals surface area contributed by atoms with Crippen LogP contribution < -0.4 is 0 Å². The van der Waals surface area contributed by atoms with Gasteiger partial charge in [-0.3, -0.25) is 4.99 Å². The van der Waals surface area contributed by atoms with Crippen LogP contribution in [0, 0.1) is 0 Å². The first-order valence-corrected chi connectivity index (χ1v) is 6.60. The van der Waals surface area contributed by atoms with E-state index in [9.17, 15) is 0 Å². The van der Waals surface area contributed by atoms with Gasteiger partial charge in [0.25, 0.3) is 0 Å². The molecule has 0 fully saturated rings. The Morgan fingerprint density at radius 3 is 2.00 bits per heavy atom. The number of benzene rings is 1. The van der Waals surface area contributed by atoms with Crippen LogP contribution in [-0.4, -0.2) is 12.8 Å². The molecule has 0 saturated carbocycles. The molecule has 0 amide bonds. The van der Waals surface area contributed by atoms with Crippen molar-refractivity contribution in [3.05, 3.63) is 41.5 Å². The topological polar surface area (TPSA) is 12.4 Å². The molecule has 0 N–H and O–H groups in total. The Balaban J connectivity index is 0. The Labute approximate surface area is 107 Å². The van der Waals surface area contributed by atoms with Gasteiger partial charge in [0, 0.05) is 12.8 Å². The minimum Gasteiger partial charge on any atom is -0.293 e. The maximum Gasteiger partial charge on any atom is 0.0361 e. The molecule has 0 atom stereocenters. The third kappa shape index (κ3) is 8.44. The van der Waals surface area contributed by atoms with Crippen molar-refractivity contribution in [1.29, 1.82) is 0 Å². The highest BCUT2D eigenvalue weighted by Crippen LogP contribution is 2.08. The van der Waals surface area contributed by atoms with Crippen molar-refractivity contribution in [1.82, 2.24) is 0 Å². The van der Waals surface area contributed by atoms with E-state index in [-0.39, 0.29) is 0 Å². The Hall–Kier alpha value is -1.37. The molecular formula is C16H27N. The van der Waals surface area contributed by atoms with Crippen molar-refractivity contribution >= 4 is 12.3 Å². The summed E-state index contributed by atoms with van der Waals surface area (Å²) in [7, 11) is 0. The summed E-state index contributed by atoms with van der Waals surface area (Å²) in [6.45, 7) is 12.9. The molecule has 96 valence electrons. The van der Waals surface area contributed by atoms with Crippen LogP contribution in [0.4, 0.5) is 0 Å². The fourth-order valence-electron chi connectivity index (χ4n) is 1.15. The Bertz CT molecular complexity index is 311. The molecule has 1 rings (SSSR count). The van der Waals surface area contributed by atoms with E-state index in [0.29, 0.717) is 0 Å². The molecular weight excluding hydrogens is 206 g/mol. The standard InChI is InChI=1S/C12H15N.2C2H6/c1-3-7-11-8-5-6-9-12(11)10-13-4-2;2*1-2/h3,5-10H,4H2,1-2H3;2*1-2H3/b7-3-,13-10?;;. The fourth-order valence-corrected chi connectivity index (χ4v) is 1.15. The lowest BCUT2D eigenvalue weighted by atomic mass is 10.1. The van der Waals surface area contributed by atoms with Gasteiger partial charge in [0.2, 0.25) is 0 Å². The molecule has 0 aliphatic heterocycles. The van der Waals surface area contributed by atoms with Crippen molar-refractivity contribution in [2.24, 2.45) is 4.99 Å². The average Bonchev–Trinajstić information content (AvgIpc) is 2.43. The highest BCUT2D eigenvalue weighted by atomic mass is 14.7. The van der Waals surface area contributed by atoms with E-state index < -0.39 is 0 Å². The normalized spacial score (nSPS) is 9.53. The van der Waals surface area contributed by atoms with Crippen molar-refractivity contribution in [2.45, 2.75) is 41.5 Å². The first kappa shape index (κ1) is 18.0. The zero-order valence-electron chi connectivity index (χ0n) is 12.2. The lowest BCUT2D eigenvalue weighted by molar-refractivity contribution is 1.14. The molecule has 0 unspecified atom stereocenters. The molecule has 0 aliphatic carbocycles. The number of allylic oxidation sites excluding steroid dienone is 1. The monoisotopic (exact) mass is 233 g/mol. The maximum absolute atomic E-state index is 4.23. The van der Waals surface area contributed by atoms with Crippen molar-refractivity contribution < 1.29 is 0 Å². The molecule has 0 saturated heterocycles. The largest absolute Gasteiger partial charge is 0.293 e. The highest BCUT2D eigenvalue weighted by molar-refractivity contribution is 5.85. The van der Waals surface area contributed by atoms with Gasteiger partial charge in [-0.05, 0) is 25.0 Å². The van der Waals surface area contributed by atoms with Crippen LogP contribution in [0.5, 0.6) is 0 Å². The van der Waals surface area contributed by atoms with E-state index in [4.69, 9.17) is 0 Å². The summed E-state index contributed by atoms with van der Waals surface area (Å²) in [5, 5.41) is 0. The third-order valence-corrected chi connectivity index (χ3v) is 1.76. The second-order valence-corrected chi connectivity index (χ2v) is 2.76. The summed E-state index contributed by atoms with van der Waals surface area (Å²) in [6.07, 6.45) is 6.06. The van der Waals surface area contributed by atoms with Crippen LogP contribution in [0.25, 0.3) is 6.08 Å². The van der Waals surface area contributed by atoms with Gasteiger partial charge < -0.3 is 0 Å². The molecule has 17 heavy (non-hydrogen) atoms. The van der Waals surface area contributed by atoms with Crippen LogP contribution in [-0.2, 0) is 0 Å². The number of hydrogen-bond acceptors (Lipinski definition) is 1. The lowest BCUT2D eigenvalue weighted by Crippen LogP contribution is -1.86. The van der Waals surface area contributed by atoms with E-state index in [2.05, 4.69) is 23.2 Å². The Kier molecular flexibility index (Phi) is 15.5. The maximum atomic E-state index is 4.23. The van der Waals surface area contributed by atoms with Gasteiger partial charge in [-0.15, -0.1) is 0 Å². The average molecular weight is 233 g/mol.